The SMILES string of the molecule is c1ccc(N2CCCN(c3cc(N4CCSCC4)ncn3)CC2)cc1. The second-order valence-electron chi connectivity index (χ2n) is 6.50. The molecule has 0 amide bonds. The van der Waals surface area contributed by atoms with E-state index >= 15 is 0 Å². The van der Waals surface area contributed by atoms with Gasteiger partial charge in [-0.05, 0) is 18.6 Å². The van der Waals surface area contributed by atoms with Gasteiger partial charge in [0.2, 0.25) is 0 Å². The van der Waals surface area contributed by atoms with Gasteiger partial charge in [-0.25, -0.2) is 9.97 Å². The Morgan fingerprint density at radius 3 is 2.12 bits per heavy atom. The summed E-state index contributed by atoms with van der Waals surface area (Å²) in [6.45, 7) is 6.36. The van der Waals surface area contributed by atoms with E-state index in [-0.39, 0.29) is 0 Å². The van der Waals surface area contributed by atoms with E-state index in [9.17, 15) is 0 Å². The third kappa shape index (κ3) is 4.00. The Hall–Kier alpha value is -1.95. The van der Waals surface area contributed by atoms with Gasteiger partial charge in [0, 0.05) is 62.5 Å². The largest absolute Gasteiger partial charge is 0.370 e. The summed E-state index contributed by atoms with van der Waals surface area (Å²) in [6.07, 6.45) is 2.88. The fourth-order valence-electron chi connectivity index (χ4n) is 3.52. The lowest BCUT2D eigenvalue weighted by molar-refractivity contribution is 0.788. The summed E-state index contributed by atoms with van der Waals surface area (Å²) in [5.74, 6) is 4.53. The minimum atomic E-state index is 1.00. The van der Waals surface area contributed by atoms with Crippen LogP contribution in [-0.4, -0.2) is 60.7 Å². The number of nitrogens with zero attached hydrogens (tertiary/aromatic N) is 5. The fourth-order valence-corrected chi connectivity index (χ4v) is 4.42. The van der Waals surface area contributed by atoms with Crippen LogP contribution < -0.4 is 14.7 Å². The molecule has 132 valence electrons. The van der Waals surface area contributed by atoms with Crippen LogP contribution in [0, 0.1) is 0 Å². The topological polar surface area (TPSA) is 35.5 Å². The molecule has 3 heterocycles. The molecular formula is C19H25N5S. The first-order valence-corrected chi connectivity index (χ1v) is 10.3. The highest BCUT2D eigenvalue weighted by atomic mass is 32.2. The van der Waals surface area contributed by atoms with Gasteiger partial charge in [-0.3, -0.25) is 0 Å². The van der Waals surface area contributed by atoms with Crippen molar-refractivity contribution in [2.24, 2.45) is 0 Å². The van der Waals surface area contributed by atoms with Gasteiger partial charge in [0.1, 0.15) is 18.0 Å². The first-order valence-electron chi connectivity index (χ1n) is 9.10. The summed E-state index contributed by atoms with van der Waals surface area (Å²) < 4.78 is 0. The first-order chi connectivity index (χ1) is 12.4. The molecule has 2 aromatic rings. The van der Waals surface area contributed by atoms with Crippen molar-refractivity contribution in [1.29, 1.82) is 0 Å². The molecule has 1 aromatic heterocycles. The molecule has 25 heavy (non-hydrogen) atoms. The van der Waals surface area contributed by atoms with Crippen LogP contribution in [0.15, 0.2) is 42.7 Å². The quantitative estimate of drug-likeness (QED) is 0.842. The van der Waals surface area contributed by atoms with E-state index in [1.165, 1.54) is 17.2 Å². The average molecular weight is 356 g/mol. The lowest BCUT2D eigenvalue weighted by atomic mass is 10.3. The maximum absolute atomic E-state index is 4.56. The van der Waals surface area contributed by atoms with Crippen molar-refractivity contribution in [3.05, 3.63) is 42.7 Å². The lowest BCUT2D eigenvalue weighted by Crippen LogP contribution is -2.34. The molecule has 6 heteroatoms. The number of para-hydroxylation sites is 1. The number of rotatable bonds is 3. The van der Waals surface area contributed by atoms with Crippen molar-refractivity contribution in [2.75, 3.05) is 65.5 Å². The van der Waals surface area contributed by atoms with E-state index < -0.39 is 0 Å². The zero-order valence-corrected chi connectivity index (χ0v) is 15.4. The van der Waals surface area contributed by atoms with Crippen LogP contribution in [0.3, 0.4) is 0 Å². The number of thioether (sulfide) groups is 1. The summed E-state index contributed by atoms with van der Waals surface area (Å²) in [6, 6.07) is 12.9. The Morgan fingerprint density at radius 1 is 0.720 bits per heavy atom. The summed E-state index contributed by atoms with van der Waals surface area (Å²) in [7, 11) is 0. The van der Waals surface area contributed by atoms with Crippen LogP contribution in [0.1, 0.15) is 6.42 Å². The van der Waals surface area contributed by atoms with Crippen LogP contribution in [0.25, 0.3) is 0 Å². The molecule has 0 atom stereocenters. The second kappa shape index (κ2) is 7.95. The van der Waals surface area contributed by atoms with Gasteiger partial charge in [-0.15, -0.1) is 0 Å². The molecule has 2 aliphatic heterocycles. The highest BCUT2D eigenvalue weighted by molar-refractivity contribution is 7.99. The molecule has 0 bridgehead atoms. The summed E-state index contributed by atoms with van der Waals surface area (Å²) in [4.78, 5) is 16.3. The molecule has 0 N–H and O–H groups in total. The Labute approximate surface area is 154 Å². The zero-order chi connectivity index (χ0) is 16.9. The zero-order valence-electron chi connectivity index (χ0n) is 14.5. The predicted octanol–water partition coefficient (Wildman–Crippen LogP) is 2.75. The van der Waals surface area contributed by atoms with E-state index in [1.54, 1.807) is 6.33 Å². The van der Waals surface area contributed by atoms with E-state index in [2.05, 4.69) is 61.1 Å². The molecule has 0 unspecified atom stereocenters. The van der Waals surface area contributed by atoms with E-state index in [1.807, 2.05) is 11.8 Å². The maximum Gasteiger partial charge on any atom is 0.134 e. The van der Waals surface area contributed by atoms with Crippen molar-refractivity contribution in [3.8, 4) is 0 Å². The molecule has 2 saturated heterocycles. The molecule has 0 saturated carbocycles. The van der Waals surface area contributed by atoms with Crippen molar-refractivity contribution < 1.29 is 0 Å². The standard InChI is InChI=1S/C19H25N5S/c1-2-5-17(6-3-1)22-7-4-8-23(10-9-22)18-15-19(21-16-20-18)24-11-13-25-14-12-24/h1-3,5-6,15-16H,4,7-14H2. The maximum atomic E-state index is 4.56. The average Bonchev–Trinajstić information content (AvgIpc) is 2.96. The summed E-state index contributed by atoms with van der Waals surface area (Å²) >= 11 is 2.03. The Bertz CT molecular complexity index is 675. The molecule has 5 nitrogen and oxygen atoms in total. The molecule has 2 aliphatic rings. The van der Waals surface area contributed by atoms with Gasteiger partial charge in [-0.1, -0.05) is 18.2 Å². The molecular weight excluding hydrogens is 330 g/mol. The fraction of sp³-hybridized carbons (Fsp3) is 0.474. The number of hydrogen-bond acceptors (Lipinski definition) is 6. The van der Waals surface area contributed by atoms with Crippen LogP contribution in [0.5, 0.6) is 0 Å². The van der Waals surface area contributed by atoms with E-state index in [4.69, 9.17) is 0 Å². The van der Waals surface area contributed by atoms with Crippen molar-refractivity contribution in [3.63, 3.8) is 0 Å². The van der Waals surface area contributed by atoms with Gasteiger partial charge in [0.05, 0.1) is 0 Å². The number of hydrogen-bond donors (Lipinski definition) is 0. The number of benzene rings is 1. The minimum absolute atomic E-state index is 1.00. The molecule has 0 spiro atoms. The Kier molecular flexibility index (Phi) is 5.25. The van der Waals surface area contributed by atoms with Crippen LogP contribution >= 0.6 is 11.8 Å². The van der Waals surface area contributed by atoms with Crippen molar-refractivity contribution >= 4 is 29.1 Å². The Morgan fingerprint density at radius 2 is 1.36 bits per heavy atom. The van der Waals surface area contributed by atoms with Gasteiger partial charge < -0.3 is 14.7 Å². The van der Waals surface area contributed by atoms with Gasteiger partial charge in [0.15, 0.2) is 0 Å². The second-order valence-corrected chi connectivity index (χ2v) is 7.72. The molecule has 0 radical (unpaired) electrons. The predicted molar refractivity (Wildman–Crippen MR) is 107 cm³/mol. The summed E-state index contributed by atoms with van der Waals surface area (Å²) in [5.41, 5.74) is 1.32. The highest BCUT2D eigenvalue weighted by Crippen LogP contribution is 2.23. The molecule has 1 aromatic carbocycles. The highest BCUT2D eigenvalue weighted by Gasteiger charge is 2.18. The molecule has 0 aliphatic carbocycles. The smallest absolute Gasteiger partial charge is 0.134 e. The third-order valence-electron chi connectivity index (χ3n) is 4.91. The van der Waals surface area contributed by atoms with Crippen LogP contribution in [0.2, 0.25) is 0 Å². The van der Waals surface area contributed by atoms with E-state index in [0.717, 1.165) is 57.3 Å². The Balaban J connectivity index is 1.45. The van der Waals surface area contributed by atoms with Gasteiger partial charge in [-0.2, -0.15) is 11.8 Å². The minimum Gasteiger partial charge on any atom is -0.370 e. The number of anilines is 3. The monoisotopic (exact) mass is 355 g/mol. The lowest BCUT2D eigenvalue weighted by Gasteiger charge is -2.29. The normalized spacial score (nSPS) is 19.0. The summed E-state index contributed by atoms with van der Waals surface area (Å²) in [5, 5.41) is 0. The van der Waals surface area contributed by atoms with Crippen molar-refractivity contribution in [1.82, 2.24) is 9.97 Å². The molecule has 4 rings (SSSR count). The molecule has 2 fully saturated rings. The van der Waals surface area contributed by atoms with Gasteiger partial charge >= 0.3 is 0 Å². The van der Waals surface area contributed by atoms with Crippen LogP contribution in [0.4, 0.5) is 17.3 Å². The first kappa shape index (κ1) is 16.5. The van der Waals surface area contributed by atoms with Gasteiger partial charge in [0.25, 0.3) is 0 Å². The van der Waals surface area contributed by atoms with Crippen molar-refractivity contribution in [2.45, 2.75) is 6.42 Å². The number of aromatic nitrogens is 2. The van der Waals surface area contributed by atoms with E-state index in [0.29, 0.717) is 0 Å². The third-order valence-corrected chi connectivity index (χ3v) is 5.86. The van der Waals surface area contributed by atoms with Crippen LogP contribution in [-0.2, 0) is 0 Å².